The number of nitrogens with zero attached hydrogens (tertiary/aromatic N) is 2. The smallest absolute Gasteiger partial charge is 0.358 e. The summed E-state index contributed by atoms with van der Waals surface area (Å²) in [6, 6.07) is 28.2. The monoisotopic (exact) mass is 588 g/mol. The Morgan fingerprint density at radius 1 is 0.857 bits per heavy atom. The van der Waals surface area contributed by atoms with Crippen LogP contribution in [0.1, 0.15) is 42.5 Å². The van der Waals surface area contributed by atoms with E-state index in [1.165, 1.54) is 7.11 Å². The highest BCUT2D eigenvalue weighted by Crippen LogP contribution is 2.71. The van der Waals surface area contributed by atoms with Crippen LogP contribution in [0.4, 0.5) is 8.78 Å². The third kappa shape index (κ3) is 5.39. The number of benzene rings is 4. The topological polar surface area (TPSA) is 53.4 Å². The third-order valence-electron chi connectivity index (χ3n) is 7.31. The Balaban J connectivity index is 1.66. The summed E-state index contributed by atoms with van der Waals surface area (Å²) in [6.07, 6.45) is 0.994. The number of rotatable bonds is 8. The van der Waals surface area contributed by atoms with Gasteiger partial charge in [0.25, 0.3) is 0 Å². The molecule has 4 aromatic carbocycles. The lowest BCUT2D eigenvalue weighted by Gasteiger charge is -2.50. The van der Waals surface area contributed by atoms with Gasteiger partial charge in [-0.3, -0.25) is 4.68 Å². The van der Waals surface area contributed by atoms with E-state index in [4.69, 9.17) is 8.92 Å². The number of halogens is 2. The highest BCUT2D eigenvalue weighted by molar-refractivity contribution is 8.31. The van der Waals surface area contributed by atoms with Crippen molar-refractivity contribution in [3.05, 3.63) is 120 Å². The van der Waals surface area contributed by atoms with Crippen molar-refractivity contribution in [2.24, 2.45) is 7.05 Å². The number of fused-ring (bicyclic) bond motifs is 1. The lowest BCUT2D eigenvalue weighted by molar-refractivity contribution is 0.0593. The minimum Gasteiger partial charge on any atom is -0.464 e. The van der Waals surface area contributed by atoms with E-state index in [0.717, 1.165) is 27.1 Å². The zero-order valence-electron chi connectivity index (χ0n) is 24.4. The maximum Gasteiger partial charge on any atom is 0.358 e. The Morgan fingerprint density at radius 3 is 2.05 bits per heavy atom. The molecule has 5 rings (SSSR count). The van der Waals surface area contributed by atoms with E-state index in [0.29, 0.717) is 24.0 Å². The van der Waals surface area contributed by atoms with Crippen LogP contribution in [0.3, 0.4) is 0 Å². The Kier molecular flexibility index (Phi) is 8.10. The third-order valence-corrected chi connectivity index (χ3v) is 11.3. The first kappa shape index (κ1) is 29.3. The average Bonchev–Trinajstić information content (AvgIpc) is 3.36. The van der Waals surface area contributed by atoms with Gasteiger partial charge < -0.3 is 8.92 Å². The van der Waals surface area contributed by atoms with Gasteiger partial charge >= 0.3 is 5.97 Å². The van der Waals surface area contributed by atoms with Crippen molar-refractivity contribution < 1.29 is 22.5 Å². The predicted molar refractivity (Wildman–Crippen MR) is 163 cm³/mol. The van der Waals surface area contributed by atoms with Crippen molar-refractivity contribution in [2.45, 2.75) is 48.2 Å². The number of aromatic nitrogens is 2. The molecule has 0 atom stereocenters. The highest BCUT2D eigenvalue weighted by Gasteiger charge is 2.43. The summed E-state index contributed by atoms with van der Waals surface area (Å²) in [5.41, 5.74) is 1.79. The number of aryl methyl sites for hydroxylation is 3. The van der Waals surface area contributed by atoms with Crippen molar-refractivity contribution >= 4 is 27.1 Å². The van der Waals surface area contributed by atoms with Gasteiger partial charge in [0.15, 0.2) is 17.3 Å². The van der Waals surface area contributed by atoms with Crippen molar-refractivity contribution in [1.82, 2.24) is 9.78 Å². The Labute approximate surface area is 246 Å². The molecule has 5 aromatic rings. The summed E-state index contributed by atoms with van der Waals surface area (Å²) in [5, 5.41) is 4.90. The first-order valence-corrected chi connectivity index (χ1v) is 15.3. The molecule has 0 amide bonds. The lowest BCUT2D eigenvalue weighted by atomic mass is 10.0. The number of hydrogen-bond acceptors (Lipinski definition) is 4. The van der Waals surface area contributed by atoms with Crippen molar-refractivity contribution in [3.63, 3.8) is 0 Å². The van der Waals surface area contributed by atoms with Gasteiger partial charge in [-0.05, 0) is 104 Å². The van der Waals surface area contributed by atoms with Gasteiger partial charge in [-0.25, -0.2) is 13.6 Å². The Bertz CT molecular complexity index is 1690. The number of carbonyl (C=O) groups excluding carboxylic acids is 1. The molecule has 0 bridgehead atoms. The molecule has 0 unspecified atom stereocenters. The molecule has 1 aromatic heterocycles. The molecule has 1 heterocycles. The van der Waals surface area contributed by atoms with Crippen LogP contribution in [0.25, 0.3) is 10.8 Å². The molecule has 0 N–H and O–H groups in total. The summed E-state index contributed by atoms with van der Waals surface area (Å²) < 4.78 is 43.1. The summed E-state index contributed by atoms with van der Waals surface area (Å²) >= 11 is 0. The van der Waals surface area contributed by atoms with Gasteiger partial charge in [-0.2, -0.15) is 5.10 Å². The molecule has 42 heavy (non-hydrogen) atoms. The van der Waals surface area contributed by atoms with Crippen LogP contribution >= 0.6 is 10.3 Å². The molecule has 0 aliphatic heterocycles. The molecule has 0 fully saturated rings. The number of methoxy groups -OCH3 is 1. The largest absolute Gasteiger partial charge is 0.464 e. The van der Waals surface area contributed by atoms with E-state index in [2.05, 4.69) is 50.1 Å². The number of hydrogen-bond donors (Lipinski definition) is 0. The molecule has 0 saturated heterocycles. The minimum absolute atomic E-state index is 0.158. The van der Waals surface area contributed by atoms with Crippen molar-refractivity contribution in [1.29, 1.82) is 0 Å². The molecule has 0 aliphatic rings. The summed E-state index contributed by atoms with van der Waals surface area (Å²) in [6.45, 7) is 6.45. The fourth-order valence-corrected chi connectivity index (χ4v) is 8.87. The average molecular weight is 589 g/mol. The second kappa shape index (κ2) is 11.6. The molecular weight excluding hydrogens is 554 g/mol. The fourth-order valence-electron chi connectivity index (χ4n) is 5.25. The fraction of sp³-hybridized carbons (Fsp3) is 0.235. The maximum absolute atomic E-state index is 15.3. The van der Waals surface area contributed by atoms with Crippen molar-refractivity contribution in [3.8, 4) is 5.75 Å². The quantitative estimate of drug-likeness (QED) is 0.171. The molecule has 8 heteroatoms. The maximum atomic E-state index is 15.3. The molecule has 5 nitrogen and oxygen atoms in total. The predicted octanol–water partition coefficient (Wildman–Crippen LogP) is 8.44. The van der Waals surface area contributed by atoms with Crippen LogP contribution in [-0.2, 0) is 24.6 Å². The van der Waals surface area contributed by atoms with Crippen molar-refractivity contribution in [2.75, 3.05) is 7.11 Å². The van der Waals surface area contributed by atoms with Crippen LogP contribution < -0.4 is 4.18 Å². The number of carbonyl (C=O) groups is 1. The van der Waals surface area contributed by atoms with Gasteiger partial charge in [0.05, 0.1) is 7.11 Å². The van der Waals surface area contributed by atoms with E-state index >= 15 is 4.39 Å². The van der Waals surface area contributed by atoms with E-state index in [-0.39, 0.29) is 15.8 Å². The number of ether oxygens (including phenoxy) is 1. The molecule has 218 valence electrons. The van der Waals surface area contributed by atoms with Crippen LogP contribution in [0.5, 0.6) is 5.75 Å². The Hall–Kier alpha value is -4.17. The standard InChI is InChI=1S/C34H34F2N2O3S/c1-34(2,3)42(25-12-8-6-9-13-25,26-14-10-7-11-15-26)41-31-21-23(20-28-27(31)18-19-29(35)32(28)36)16-17-24-22-30(33(39)40-5)37-38(24)4/h6-15,18-22H,16-17H2,1-5H3. The minimum atomic E-state index is -2.22. The lowest BCUT2D eigenvalue weighted by Crippen LogP contribution is -2.30. The zero-order chi connectivity index (χ0) is 30.1. The highest BCUT2D eigenvalue weighted by atomic mass is 32.3. The van der Waals surface area contributed by atoms with Gasteiger partial charge in [-0.1, -0.05) is 36.4 Å². The second-order valence-corrected chi connectivity index (χ2v) is 14.5. The molecule has 0 radical (unpaired) electrons. The Morgan fingerprint density at radius 2 is 1.48 bits per heavy atom. The van der Waals surface area contributed by atoms with E-state index in [9.17, 15) is 9.18 Å². The van der Waals surface area contributed by atoms with E-state index in [1.807, 2.05) is 42.5 Å². The SMILES string of the molecule is COC(=O)c1cc(CCc2cc(OS(c3ccccc3)(c3ccccc3)C(C)(C)C)c3ccc(F)c(F)c3c2)n(C)n1. The van der Waals surface area contributed by atoms with Gasteiger partial charge in [0.1, 0.15) is 5.75 Å². The van der Waals surface area contributed by atoms with Crippen LogP contribution in [0, 0.1) is 11.6 Å². The van der Waals surface area contributed by atoms with E-state index < -0.39 is 27.9 Å². The molecule has 0 aliphatic carbocycles. The first-order chi connectivity index (χ1) is 20.0. The van der Waals surface area contributed by atoms with Crippen LogP contribution in [0.15, 0.2) is 101 Å². The molecule has 0 spiro atoms. The van der Waals surface area contributed by atoms with Gasteiger partial charge in [-0.15, -0.1) is 0 Å². The van der Waals surface area contributed by atoms with Gasteiger partial charge in [0.2, 0.25) is 0 Å². The van der Waals surface area contributed by atoms with Crippen LogP contribution in [-0.4, -0.2) is 27.6 Å². The first-order valence-electron chi connectivity index (χ1n) is 13.7. The normalized spacial score (nSPS) is 12.4. The zero-order valence-corrected chi connectivity index (χ0v) is 25.2. The second-order valence-electron chi connectivity index (χ2n) is 11.1. The molecule has 0 saturated carbocycles. The summed E-state index contributed by atoms with van der Waals surface area (Å²) in [7, 11) is 0.849. The summed E-state index contributed by atoms with van der Waals surface area (Å²) in [5.74, 6) is -1.86. The number of esters is 1. The molecular formula is C34H34F2N2O3S. The van der Waals surface area contributed by atoms with E-state index in [1.54, 1.807) is 29.9 Å². The van der Waals surface area contributed by atoms with Crippen LogP contribution in [0.2, 0.25) is 0 Å². The summed E-state index contributed by atoms with van der Waals surface area (Å²) in [4.78, 5) is 14.0. The van der Waals surface area contributed by atoms with Gasteiger partial charge in [0, 0.05) is 38.1 Å².